The third kappa shape index (κ3) is 5.10. The molecule has 2 heterocycles. The number of thiophene rings is 1. The Bertz CT molecular complexity index is 1100. The second-order valence-electron chi connectivity index (χ2n) is 6.81. The van der Waals surface area contributed by atoms with Crippen molar-refractivity contribution in [3.05, 3.63) is 62.3 Å². The summed E-state index contributed by atoms with van der Waals surface area (Å²) in [6.45, 7) is 5.75. The zero-order valence-corrected chi connectivity index (χ0v) is 18.0. The van der Waals surface area contributed by atoms with Crippen molar-refractivity contribution in [3.8, 4) is 0 Å². The van der Waals surface area contributed by atoms with Crippen LogP contribution in [0.3, 0.4) is 0 Å². The predicted octanol–water partition coefficient (Wildman–Crippen LogP) is 3.26. The Morgan fingerprint density at radius 1 is 1.30 bits per heavy atom. The number of aromatic amines is 1. The molecule has 3 rings (SSSR count). The maximum absolute atomic E-state index is 13.5. The number of nitrogens with zero attached hydrogens (tertiary/aromatic N) is 2. The van der Waals surface area contributed by atoms with Crippen LogP contribution in [0.25, 0.3) is 10.2 Å². The number of rotatable bonds is 9. The molecule has 160 valence electrons. The predicted molar refractivity (Wildman–Crippen MR) is 113 cm³/mol. The summed E-state index contributed by atoms with van der Waals surface area (Å²) in [5.74, 6) is -0.281. The largest absolute Gasteiger partial charge is 0.459 e. The van der Waals surface area contributed by atoms with Crippen molar-refractivity contribution in [2.45, 2.75) is 26.9 Å². The van der Waals surface area contributed by atoms with E-state index >= 15 is 0 Å². The minimum atomic E-state index is -0.491. The van der Waals surface area contributed by atoms with Crippen LogP contribution in [0.2, 0.25) is 0 Å². The van der Waals surface area contributed by atoms with Crippen molar-refractivity contribution in [3.63, 3.8) is 0 Å². The smallest absolute Gasteiger partial charge is 0.348 e. The number of hydrogen-bond donors (Lipinski definition) is 1. The maximum atomic E-state index is 13.5. The molecular formula is C21H24FN3O4S. The lowest BCUT2D eigenvalue weighted by Gasteiger charge is -2.19. The van der Waals surface area contributed by atoms with Crippen molar-refractivity contribution in [1.29, 1.82) is 0 Å². The van der Waals surface area contributed by atoms with E-state index < -0.39 is 5.97 Å². The van der Waals surface area contributed by atoms with Gasteiger partial charge in [0.1, 0.15) is 28.0 Å². The van der Waals surface area contributed by atoms with E-state index in [0.717, 1.165) is 16.9 Å². The maximum Gasteiger partial charge on any atom is 0.348 e. The molecule has 0 saturated carbocycles. The molecule has 30 heavy (non-hydrogen) atoms. The summed E-state index contributed by atoms with van der Waals surface area (Å²) in [4.78, 5) is 35.2. The Labute approximate surface area is 177 Å². The average Bonchev–Trinajstić information content (AvgIpc) is 3.04. The molecule has 0 bridgehead atoms. The van der Waals surface area contributed by atoms with E-state index in [9.17, 15) is 14.0 Å². The van der Waals surface area contributed by atoms with Gasteiger partial charge in [0.2, 0.25) is 0 Å². The van der Waals surface area contributed by atoms with Crippen LogP contribution in [-0.4, -0.2) is 47.7 Å². The highest BCUT2D eigenvalue weighted by Gasteiger charge is 2.21. The number of aryl methyl sites for hydroxylation is 1. The van der Waals surface area contributed by atoms with Crippen molar-refractivity contribution >= 4 is 27.5 Å². The van der Waals surface area contributed by atoms with Gasteiger partial charge in [-0.25, -0.2) is 14.2 Å². The first-order valence-corrected chi connectivity index (χ1v) is 10.4. The van der Waals surface area contributed by atoms with Gasteiger partial charge in [0, 0.05) is 13.7 Å². The fraction of sp³-hybridized carbons (Fsp3) is 0.381. The number of hydrogen-bond acceptors (Lipinski definition) is 7. The molecule has 0 unspecified atom stereocenters. The lowest BCUT2D eigenvalue weighted by molar-refractivity contribution is 0.0393. The van der Waals surface area contributed by atoms with Crippen molar-refractivity contribution in [2.75, 3.05) is 26.9 Å². The molecule has 1 N–H and O–H groups in total. The van der Waals surface area contributed by atoms with Gasteiger partial charge >= 0.3 is 5.97 Å². The van der Waals surface area contributed by atoms with Gasteiger partial charge in [-0.3, -0.25) is 9.69 Å². The average molecular weight is 434 g/mol. The highest BCUT2D eigenvalue weighted by molar-refractivity contribution is 7.20. The van der Waals surface area contributed by atoms with Gasteiger partial charge in [0.05, 0.1) is 18.5 Å². The molecule has 0 saturated heterocycles. The minimum absolute atomic E-state index is 0.142. The SMILES string of the molecule is CCN(Cc1cccc(F)c1)Cc1nc2sc(C(=O)OCCOC)c(C)c2c(=O)[nH]1. The van der Waals surface area contributed by atoms with E-state index in [1.54, 1.807) is 13.0 Å². The third-order valence-corrected chi connectivity index (χ3v) is 5.84. The van der Waals surface area contributed by atoms with E-state index in [-0.39, 0.29) is 18.0 Å². The molecule has 9 heteroatoms. The number of halogens is 1. The Morgan fingerprint density at radius 3 is 2.80 bits per heavy atom. The first-order chi connectivity index (χ1) is 14.4. The van der Waals surface area contributed by atoms with Gasteiger partial charge in [0.25, 0.3) is 5.56 Å². The second-order valence-corrected chi connectivity index (χ2v) is 7.81. The number of carbonyl (C=O) groups is 1. The molecule has 0 aliphatic carbocycles. The lowest BCUT2D eigenvalue weighted by atomic mass is 10.2. The first-order valence-electron chi connectivity index (χ1n) is 9.58. The van der Waals surface area contributed by atoms with E-state index in [4.69, 9.17) is 9.47 Å². The first kappa shape index (κ1) is 22.1. The number of fused-ring (bicyclic) bond motifs is 1. The molecule has 0 aliphatic heterocycles. The van der Waals surface area contributed by atoms with Gasteiger partial charge in [-0.15, -0.1) is 11.3 Å². The van der Waals surface area contributed by atoms with E-state index in [0.29, 0.717) is 52.7 Å². The van der Waals surface area contributed by atoms with Crippen LogP contribution in [0.15, 0.2) is 29.1 Å². The zero-order chi connectivity index (χ0) is 21.7. The van der Waals surface area contributed by atoms with Gasteiger partial charge in [-0.1, -0.05) is 19.1 Å². The summed E-state index contributed by atoms with van der Waals surface area (Å²) in [5, 5.41) is 0.399. The van der Waals surface area contributed by atoms with Gasteiger partial charge in [0.15, 0.2) is 0 Å². The van der Waals surface area contributed by atoms with Gasteiger partial charge in [-0.05, 0) is 36.7 Å². The Balaban J connectivity index is 1.83. The van der Waals surface area contributed by atoms with Gasteiger partial charge in [-0.2, -0.15) is 0 Å². The van der Waals surface area contributed by atoms with Crippen LogP contribution in [0, 0.1) is 12.7 Å². The van der Waals surface area contributed by atoms with Crippen LogP contribution < -0.4 is 5.56 Å². The Hall–Kier alpha value is -2.62. The standard InChI is InChI=1S/C21H24FN3O4S/c1-4-25(11-14-6-5-7-15(22)10-14)12-16-23-19(26)17-13(2)18(30-20(17)24-16)21(27)29-9-8-28-3/h5-7,10H,4,8-9,11-12H2,1-3H3,(H,23,24,26). The number of aromatic nitrogens is 2. The molecule has 0 spiro atoms. The van der Waals surface area contributed by atoms with E-state index in [2.05, 4.69) is 9.97 Å². The Kier molecular flexibility index (Phi) is 7.30. The molecule has 1 aromatic carbocycles. The summed E-state index contributed by atoms with van der Waals surface area (Å²) >= 11 is 1.14. The summed E-state index contributed by atoms with van der Waals surface area (Å²) in [6.07, 6.45) is 0. The molecule has 0 aliphatic rings. The minimum Gasteiger partial charge on any atom is -0.459 e. The van der Waals surface area contributed by atoms with Crippen molar-refractivity contribution < 1.29 is 18.7 Å². The van der Waals surface area contributed by atoms with Crippen LogP contribution in [-0.2, 0) is 22.6 Å². The summed E-state index contributed by atoms with van der Waals surface area (Å²) < 4.78 is 23.5. The summed E-state index contributed by atoms with van der Waals surface area (Å²) in [5.41, 5.74) is 1.11. The zero-order valence-electron chi connectivity index (χ0n) is 17.2. The number of carbonyl (C=O) groups excluding carboxylic acids is 1. The molecule has 0 amide bonds. The molecule has 3 aromatic rings. The number of ether oxygens (including phenoxy) is 2. The topological polar surface area (TPSA) is 84.5 Å². The van der Waals surface area contributed by atoms with E-state index in [1.807, 2.05) is 17.9 Å². The van der Waals surface area contributed by atoms with Crippen LogP contribution in [0.1, 0.15) is 33.5 Å². The van der Waals surface area contributed by atoms with Crippen LogP contribution >= 0.6 is 11.3 Å². The number of nitrogens with one attached hydrogen (secondary N) is 1. The number of esters is 1. The molecule has 0 fully saturated rings. The van der Waals surface area contributed by atoms with Crippen LogP contribution in [0.4, 0.5) is 4.39 Å². The number of methoxy groups -OCH3 is 1. The normalized spacial score (nSPS) is 11.4. The fourth-order valence-electron chi connectivity index (χ4n) is 3.13. The number of H-pyrrole nitrogens is 1. The molecule has 2 aromatic heterocycles. The Morgan fingerprint density at radius 2 is 2.10 bits per heavy atom. The summed E-state index contributed by atoms with van der Waals surface area (Å²) in [7, 11) is 1.53. The van der Waals surface area contributed by atoms with Gasteiger partial charge < -0.3 is 14.5 Å². The number of benzene rings is 1. The molecule has 7 nitrogen and oxygen atoms in total. The summed E-state index contributed by atoms with van der Waals surface area (Å²) in [6, 6.07) is 6.43. The highest BCUT2D eigenvalue weighted by Crippen LogP contribution is 2.27. The lowest BCUT2D eigenvalue weighted by Crippen LogP contribution is -2.25. The quantitative estimate of drug-likeness (QED) is 0.412. The van der Waals surface area contributed by atoms with Crippen molar-refractivity contribution in [1.82, 2.24) is 14.9 Å². The molecular weight excluding hydrogens is 409 g/mol. The monoisotopic (exact) mass is 433 g/mol. The van der Waals surface area contributed by atoms with Crippen molar-refractivity contribution in [2.24, 2.45) is 0 Å². The fourth-order valence-corrected chi connectivity index (χ4v) is 4.22. The highest BCUT2D eigenvalue weighted by atomic mass is 32.1. The van der Waals surface area contributed by atoms with Crippen LogP contribution in [0.5, 0.6) is 0 Å². The molecule has 0 atom stereocenters. The molecule has 0 radical (unpaired) electrons. The third-order valence-electron chi connectivity index (χ3n) is 4.67. The van der Waals surface area contributed by atoms with E-state index in [1.165, 1.54) is 19.2 Å². The second kappa shape index (κ2) is 9.92.